The molecule has 30 heavy (non-hydrogen) atoms. The van der Waals surface area contributed by atoms with Gasteiger partial charge in [-0.1, -0.05) is 0 Å². The fourth-order valence-electron chi connectivity index (χ4n) is 4.44. The Morgan fingerprint density at radius 3 is 1.27 bits per heavy atom. The molecule has 0 heterocycles. The van der Waals surface area contributed by atoms with Gasteiger partial charge in [0.2, 0.25) is 0 Å². The van der Waals surface area contributed by atoms with E-state index in [2.05, 4.69) is 122 Å². The molecule has 0 radical (unpaired) electrons. The summed E-state index contributed by atoms with van der Waals surface area (Å²) in [7, 11) is 0. The molecule has 2 heteroatoms. The van der Waals surface area contributed by atoms with E-state index >= 15 is 0 Å². The molecule has 1 nitrogen and oxygen atoms in total. The van der Waals surface area contributed by atoms with E-state index in [0.717, 1.165) is 24.8 Å². The summed E-state index contributed by atoms with van der Waals surface area (Å²) in [6.07, 6.45) is 3.17. The van der Waals surface area contributed by atoms with Crippen molar-refractivity contribution < 1.29 is 4.52 Å². The minimum absolute atomic E-state index is 0.919. The third-order valence-corrected chi connectivity index (χ3v) is 11.9. The third kappa shape index (κ3) is 3.44. The van der Waals surface area contributed by atoms with Gasteiger partial charge < -0.3 is 0 Å². The Balaban J connectivity index is 2.14. The van der Waals surface area contributed by atoms with Gasteiger partial charge in [0, 0.05) is 0 Å². The molecular weight excluding hydrogens is 383 g/mol. The van der Waals surface area contributed by atoms with Crippen LogP contribution in [0.3, 0.4) is 0 Å². The van der Waals surface area contributed by atoms with Gasteiger partial charge in [-0.3, -0.25) is 0 Å². The van der Waals surface area contributed by atoms with Crippen LogP contribution in [-0.4, -0.2) is 6.16 Å². The summed E-state index contributed by atoms with van der Waals surface area (Å²) in [5, 5.41) is 3.83. The summed E-state index contributed by atoms with van der Waals surface area (Å²) >= 11 is 0. The van der Waals surface area contributed by atoms with E-state index < -0.39 is 6.83 Å². The molecule has 0 spiro atoms. The molecule has 4 aromatic rings. The minimum atomic E-state index is -3.26. The molecule has 0 aromatic heterocycles. The van der Waals surface area contributed by atoms with Crippen molar-refractivity contribution in [1.82, 2.24) is 0 Å². The Bertz CT molecular complexity index is 947. The van der Waals surface area contributed by atoms with Crippen molar-refractivity contribution in [3.8, 4) is 5.75 Å². The molecule has 0 amide bonds. The molecule has 0 N–H and O–H groups in total. The Hall–Kier alpha value is -2.89. The summed E-state index contributed by atoms with van der Waals surface area (Å²) in [5.41, 5.74) is 0. The van der Waals surface area contributed by atoms with Crippen molar-refractivity contribution >= 4 is 22.7 Å². The van der Waals surface area contributed by atoms with E-state index in [-0.39, 0.29) is 0 Å². The van der Waals surface area contributed by atoms with Gasteiger partial charge in [0.15, 0.2) is 0 Å². The van der Waals surface area contributed by atoms with Crippen LogP contribution in [0.25, 0.3) is 0 Å². The average Bonchev–Trinajstić information content (AvgIpc) is 2.84. The first-order chi connectivity index (χ1) is 14.8. The summed E-state index contributed by atoms with van der Waals surface area (Å²) in [5.74, 6) is 0.919. The van der Waals surface area contributed by atoms with Crippen LogP contribution in [0.5, 0.6) is 5.75 Å². The van der Waals surface area contributed by atoms with Gasteiger partial charge in [0.25, 0.3) is 0 Å². The first-order valence-electron chi connectivity index (χ1n) is 10.7. The van der Waals surface area contributed by atoms with E-state index in [1.54, 1.807) is 0 Å². The van der Waals surface area contributed by atoms with Gasteiger partial charge in [-0.05, 0) is 0 Å². The molecule has 0 saturated carbocycles. The van der Waals surface area contributed by atoms with Crippen LogP contribution in [-0.2, 0) is 0 Å². The van der Waals surface area contributed by atoms with E-state index in [4.69, 9.17) is 4.52 Å². The van der Waals surface area contributed by atoms with Crippen LogP contribution in [0.15, 0.2) is 121 Å². The zero-order valence-corrected chi connectivity index (χ0v) is 18.4. The van der Waals surface area contributed by atoms with E-state index in [9.17, 15) is 0 Å². The molecule has 0 fully saturated rings. The van der Waals surface area contributed by atoms with E-state index in [1.807, 2.05) is 6.07 Å². The number of benzene rings is 4. The number of hydrogen-bond donors (Lipinski definition) is 0. The Morgan fingerprint density at radius 2 is 0.900 bits per heavy atom. The molecular formula is C28H29OP. The second kappa shape index (κ2) is 8.86. The summed E-state index contributed by atoms with van der Waals surface area (Å²) in [4.78, 5) is 0. The zero-order chi connectivity index (χ0) is 20.7. The normalized spacial score (nSPS) is 12.6. The van der Waals surface area contributed by atoms with Gasteiger partial charge in [0.05, 0.1) is 0 Å². The van der Waals surface area contributed by atoms with Gasteiger partial charge in [-0.2, -0.15) is 0 Å². The summed E-state index contributed by atoms with van der Waals surface area (Å²) in [6.45, 7) is -0.998. The van der Waals surface area contributed by atoms with Gasteiger partial charge in [-0.15, -0.1) is 0 Å². The van der Waals surface area contributed by atoms with Crippen LogP contribution in [0.2, 0.25) is 0 Å². The molecule has 0 aliphatic heterocycles. The van der Waals surface area contributed by atoms with Crippen LogP contribution >= 0.6 is 6.83 Å². The summed E-state index contributed by atoms with van der Waals surface area (Å²) < 4.78 is 7.38. The van der Waals surface area contributed by atoms with Crippen molar-refractivity contribution in [2.75, 3.05) is 6.16 Å². The first-order valence-corrected chi connectivity index (χ1v) is 13.1. The van der Waals surface area contributed by atoms with Crippen molar-refractivity contribution in [2.24, 2.45) is 0 Å². The number of rotatable bonds is 8. The second-order valence-electron chi connectivity index (χ2n) is 7.70. The van der Waals surface area contributed by atoms with Gasteiger partial charge in [0.1, 0.15) is 0 Å². The molecule has 0 saturated heterocycles. The van der Waals surface area contributed by atoms with Crippen LogP contribution in [0.1, 0.15) is 19.8 Å². The van der Waals surface area contributed by atoms with Crippen molar-refractivity contribution in [1.29, 1.82) is 0 Å². The fraction of sp³-hybridized carbons (Fsp3) is 0.143. The van der Waals surface area contributed by atoms with Crippen LogP contribution in [0, 0.1) is 0 Å². The average molecular weight is 413 g/mol. The van der Waals surface area contributed by atoms with Crippen molar-refractivity contribution in [3.05, 3.63) is 121 Å². The molecule has 0 unspecified atom stereocenters. The molecule has 4 aromatic carbocycles. The predicted molar refractivity (Wildman–Crippen MR) is 132 cm³/mol. The molecule has 4 rings (SSSR count). The topological polar surface area (TPSA) is 9.23 Å². The quantitative estimate of drug-likeness (QED) is 0.308. The predicted octanol–water partition coefficient (Wildman–Crippen LogP) is 6.31. The molecule has 0 aliphatic rings. The van der Waals surface area contributed by atoms with Crippen molar-refractivity contribution in [2.45, 2.75) is 19.8 Å². The standard InChI is InChI=1S/C28H29OP/c1-2-3-24-30(26-18-10-5-11-19-26,27-20-12-6-13-21-27,28-22-14-7-15-23-28)29-25-16-8-4-9-17-25/h4-23H,2-3,24H2,1H3. The monoisotopic (exact) mass is 412 g/mol. The number of para-hydroxylation sites is 1. The summed E-state index contributed by atoms with van der Waals surface area (Å²) in [6, 6.07) is 43.0. The van der Waals surface area contributed by atoms with Crippen LogP contribution < -0.4 is 20.4 Å². The first kappa shape index (κ1) is 20.4. The Kier molecular flexibility index (Phi) is 6.02. The second-order valence-corrected chi connectivity index (χ2v) is 12.3. The Morgan fingerprint density at radius 1 is 0.533 bits per heavy atom. The molecule has 152 valence electrons. The third-order valence-electron chi connectivity index (χ3n) is 5.90. The SMILES string of the molecule is CCCCP(Oc1ccccc1)(c1ccccc1)(c1ccccc1)c1ccccc1. The molecule has 0 atom stereocenters. The van der Waals surface area contributed by atoms with E-state index in [0.29, 0.717) is 0 Å². The van der Waals surface area contributed by atoms with Crippen LogP contribution in [0.4, 0.5) is 0 Å². The number of hydrogen-bond acceptors (Lipinski definition) is 1. The zero-order valence-electron chi connectivity index (χ0n) is 17.5. The molecule has 0 aliphatic carbocycles. The fourth-order valence-corrected chi connectivity index (χ4v) is 10.4. The van der Waals surface area contributed by atoms with Crippen molar-refractivity contribution in [3.63, 3.8) is 0 Å². The van der Waals surface area contributed by atoms with Gasteiger partial charge >= 0.3 is 180 Å². The number of unbranched alkanes of at least 4 members (excludes halogenated alkanes) is 1. The maximum atomic E-state index is 7.38. The van der Waals surface area contributed by atoms with Gasteiger partial charge in [-0.25, -0.2) is 0 Å². The van der Waals surface area contributed by atoms with E-state index in [1.165, 1.54) is 15.9 Å². The maximum absolute atomic E-state index is 7.38. The Labute approximate surface area is 180 Å². The molecule has 0 bridgehead atoms.